The third-order valence-corrected chi connectivity index (χ3v) is 8.63. The maximum atomic E-state index is 13.0. The highest BCUT2D eigenvalue weighted by Crippen LogP contribution is 2.28. The van der Waals surface area contributed by atoms with Crippen molar-refractivity contribution in [3.63, 3.8) is 0 Å². The van der Waals surface area contributed by atoms with E-state index in [9.17, 15) is 21.6 Å². The molecule has 0 fully saturated rings. The molecule has 3 aromatic carbocycles. The van der Waals surface area contributed by atoms with Gasteiger partial charge in [-0.2, -0.15) is 4.31 Å². The number of hydrogen-bond acceptors (Lipinski definition) is 6. The average molecular weight is 492 g/mol. The predicted molar refractivity (Wildman–Crippen MR) is 126 cm³/mol. The number of sulfonamides is 2. The van der Waals surface area contributed by atoms with Crippen LogP contribution in [0.4, 0.5) is 5.69 Å². The summed E-state index contributed by atoms with van der Waals surface area (Å²) < 4.78 is 58.0. The molecule has 176 valence electrons. The summed E-state index contributed by atoms with van der Waals surface area (Å²) in [6, 6.07) is 16.2. The van der Waals surface area contributed by atoms with Crippen molar-refractivity contribution in [2.75, 3.05) is 40.1 Å². The molecule has 0 bridgehead atoms. The van der Waals surface area contributed by atoms with E-state index < -0.39 is 32.5 Å². The summed E-state index contributed by atoms with van der Waals surface area (Å²) in [5, 5.41) is 4.21. The summed E-state index contributed by atoms with van der Waals surface area (Å²) in [6.07, 6.45) is 0. The maximum Gasteiger partial charge on any atom is 0.243 e. The number of carbonyl (C=O) groups is 1. The van der Waals surface area contributed by atoms with Crippen molar-refractivity contribution in [2.24, 2.45) is 0 Å². The molecule has 0 aliphatic rings. The van der Waals surface area contributed by atoms with E-state index in [1.165, 1.54) is 52.5 Å². The Morgan fingerprint density at radius 3 is 2.09 bits per heavy atom. The van der Waals surface area contributed by atoms with Crippen LogP contribution in [0.1, 0.15) is 0 Å². The monoisotopic (exact) mass is 491 g/mol. The number of nitrogens with one attached hydrogen (secondary N) is 1. The molecule has 9 nitrogen and oxygen atoms in total. The lowest BCUT2D eigenvalue weighted by Crippen LogP contribution is -2.35. The molecule has 1 N–H and O–H groups in total. The van der Waals surface area contributed by atoms with Crippen molar-refractivity contribution < 1.29 is 26.4 Å². The van der Waals surface area contributed by atoms with Gasteiger partial charge in [-0.15, -0.1) is 0 Å². The largest absolute Gasteiger partial charge is 0.495 e. The molecular formula is C22H25N3O6S2. The number of rotatable bonds is 8. The zero-order chi connectivity index (χ0) is 24.4. The molecule has 33 heavy (non-hydrogen) atoms. The second kappa shape index (κ2) is 9.48. The second-order valence-electron chi connectivity index (χ2n) is 7.47. The van der Waals surface area contributed by atoms with Gasteiger partial charge in [-0.25, -0.2) is 21.1 Å². The van der Waals surface area contributed by atoms with Crippen molar-refractivity contribution in [1.29, 1.82) is 0 Å². The summed E-state index contributed by atoms with van der Waals surface area (Å²) in [7, 11) is -2.21. The van der Waals surface area contributed by atoms with Crippen molar-refractivity contribution >= 4 is 42.4 Å². The zero-order valence-electron chi connectivity index (χ0n) is 18.6. The Balaban J connectivity index is 1.82. The van der Waals surface area contributed by atoms with E-state index in [-0.39, 0.29) is 21.2 Å². The van der Waals surface area contributed by atoms with Gasteiger partial charge in [0.15, 0.2) is 0 Å². The predicted octanol–water partition coefficient (Wildman–Crippen LogP) is 2.36. The second-order valence-corrected chi connectivity index (χ2v) is 11.7. The molecule has 0 aliphatic carbocycles. The Morgan fingerprint density at radius 1 is 0.848 bits per heavy atom. The number of carbonyl (C=O) groups excluding carboxylic acids is 1. The molecule has 0 heterocycles. The number of benzene rings is 3. The van der Waals surface area contributed by atoms with E-state index in [1.54, 1.807) is 12.1 Å². The summed E-state index contributed by atoms with van der Waals surface area (Å²) in [5.74, 6) is -0.416. The Labute approximate surface area is 193 Å². The van der Waals surface area contributed by atoms with Gasteiger partial charge in [-0.3, -0.25) is 4.79 Å². The SMILES string of the molecule is COc1ccc(S(=O)(=O)N(C)C)cc1NC(=O)CN(C)S(=O)(=O)c1ccc2ccccc2c1. The Bertz CT molecular complexity index is 1400. The van der Waals surface area contributed by atoms with E-state index in [0.29, 0.717) is 0 Å². The number of likely N-dealkylation sites (N-methyl/N-ethyl adjacent to an activating group) is 1. The molecule has 0 aliphatic heterocycles. The quantitative estimate of drug-likeness (QED) is 0.518. The van der Waals surface area contributed by atoms with Crippen LogP contribution in [-0.2, 0) is 24.8 Å². The topological polar surface area (TPSA) is 113 Å². The fourth-order valence-corrected chi connectivity index (χ4v) is 5.23. The van der Waals surface area contributed by atoms with E-state index >= 15 is 0 Å². The van der Waals surface area contributed by atoms with Crippen LogP contribution in [0.5, 0.6) is 5.75 Å². The Morgan fingerprint density at radius 2 is 1.45 bits per heavy atom. The molecule has 3 aromatic rings. The normalized spacial score (nSPS) is 12.3. The van der Waals surface area contributed by atoms with Crippen LogP contribution in [0.15, 0.2) is 70.5 Å². The maximum absolute atomic E-state index is 13.0. The first-order valence-corrected chi connectivity index (χ1v) is 12.7. The van der Waals surface area contributed by atoms with Gasteiger partial charge >= 0.3 is 0 Å². The molecule has 0 saturated heterocycles. The lowest BCUT2D eigenvalue weighted by atomic mass is 10.1. The third kappa shape index (κ3) is 5.17. The standard InChI is InChI=1S/C22H25N3O6S2/c1-24(2)32(27,28)19-11-12-21(31-4)20(14-19)23-22(26)15-25(3)33(29,30)18-10-9-16-7-5-6-8-17(16)13-18/h5-14H,15H2,1-4H3,(H,23,26). The smallest absolute Gasteiger partial charge is 0.243 e. The van der Waals surface area contributed by atoms with Gasteiger partial charge in [-0.1, -0.05) is 30.3 Å². The molecule has 0 spiro atoms. The van der Waals surface area contributed by atoms with Gasteiger partial charge in [0.1, 0.15) is 5.75 Å². The highest BCUT2D eigenvalue weighted by Gasteiger charge is 2.24. The molecule has 0 radical (unpaired) electrons. The fourth-order valence-electron chi connectivity index (χ4n) is 3.14. The Kier molecular flexibility index (Phi) is 7.08. The van der Waals surface area contributed by atoms with Crippen molar-refractivity contribution in [3.8, 4) is 5.75 Å². The van der Waals surface area contributed by atoms with E-state index in [1.807, 2.05) is 24.3 Å². The number of anilines is 1. The minimum atomic E-state index is -3.94. The fraction of sp³-hybridized carbons (Fsp3) is 0.227. The van der Waals surface area contributed by atoms with Gasteiger partial charge in [0.05, 0.1) is 29.1 Å². The number of ether oxygens (including phenoxy) is 1. The average Bonchev–Trinajstić information content (AvgIpc) is 2.78. The molecule has 0 unspecified atom stereocenters. The first-order valence-electron chi connectivity index (χ1n) is 9.82. The van der Waals surface area contributed by atoms with Crippen molar-refractivity contribution in [1.82, 2.24) is 8.61 Å². The molecular weight excluding hydrogens is 466 g/mol. The molecule has 1 amide bonds. The van der Waals surface area contributed by atoms with Crippen molar-refractivity contribution in [2.45, 2.75) is 9.79 Å². The van der Waals surface area contributed by atoms with E-state index in [4.69, 9.17) is 4.74 Å². The van der Waals surface area contributed by atoms with Crippen LogP contribution in [0.25, 0.3) is 10.8 Å². The van der Waals surface area contributed by atoms with Gasteiger partial charge in [-0.05, 0) is 41.1 Å². The van der Waals surface area contributed by atoms with Crippen LogP contribution in [-0.4, -0.2) is 66.2 Å². The molecule has 0 aromatic heterocycles. The van der Waals surface area contributed by atoms with Gasteiger partial charge in [0.25, 0.3) is 0 Å². The number of methoxy groups -OCH3 is 1. The highest BCUT2D eigenvalue weighted by atomic mass is 32.2. The summed E-state index contributed by atoms with van der Waals surface area (Å²) in [4.78, 5) is 12.7. The number of fused-ring (bicyclic) bond motifs is 1. The molecule has 0 saturated carbocycles. The minimum absolute atomic E-state index is 0.0410. The first-order chi connectivity index (χ1) is 15.5. The number of amides is 1. The highest BCUT2D eigenvalue weighted by molar-refractivity contribution is 7.89. The van der Waals surface area contributed by atoms with Crippen LogP contribution in [0.2, 0.25) is 0 Å². The first kappa shape index (κ1) is 24.6. The van der Waals surface area contributed by atoms with E-state index in [0.717, 1.165) is 19.4 Å². The number of hydrogen-bond donors (Lipinski definition) is 1. The zero-order valence-corrected chi connectivity index (χ0v) is 20.3. The van der Waals surface area contributed by atoms with Crippen LogP contribution >= 0.6 is 0 Å². The lowest BCUT2D eigenvalue weighted by Gasteiger charge is -2.18. The summed E-state index contributed by atoms with van der Waals surface area (Å²) in [5.41, 5.74) is 0.113. The molecule has 0 atom stereocenters. The lowest BCUT2D eigenvalue weighted by molar-refractivity contribution is -0.116. The van der Waals surface area contributed by atoms with Crippen LogP contribution < -0.4 is 10.1 Å². The van der Waals surface area contributed by atoms with Gasteiger partial charge in [0, 0.05) is 21.1 Å². The summed E-state index contributed by atoms with van der Waals surface area (Å²) in [6.45, 7) is -0.483. The Hall–Kier alpha value is -2.99. The third-order valence-electron chi connectivity index (χ3n) is 5.02. The molecule has 3 rings (SSSR count). The minimum Gasteiger partial charge on any atom is -0.495 e. The molecule has 11 heteroatoms. The summed E-state index contributed by atoms with van der Waals surface area (Å²) >= 11 is 0. The van der Waals surface area contributed by atoms with Gasteiger partial charge in [0.2, 0.25) is 26.0 Å². The van der Waals surface area contributed by atoms with E-state index in [2.05, 4.69) is 5.32 Å². The van der Waals surface area contributed by atoms with Crippen molar-refractivity contribution in [3.05, 3.63) is 60.7 Å². The van der Waals surface area contributed by atoms with Crippen LogP contribution in [0, 0.1) is 0 Å². The van der Waals surface area contributed by atoms with Gasteiger partial charge < -0.3 is 10.1 Å². The van der Waals surface area contributed by atoms with Crippen LogP contribution in [0.3, 0.4) is 0 Å². The number of nitrogens with zero attached hydrogens (tertiary/aromatic N) is 2.